The first-order valence-electron chi connectivity index (χ1n) is 7.73. The molecule has 3 rings (SSSR count). The molecule has 0 saturated carbocycles. The van der Waals surface area contributed by atoms with E-state index in [-0.39, 0.29) is 21.8 Å². The molecular weight excluding hydrogens is 376 g/mol. The van der Waals surface area contributed by atoms with Crippen LogP contribution >= 0.6 is 11.6 Å². The molecule has 1 aromatic heterocycles. The average molecular weight is 388 g/mol. The minimum absolute atomic E-state index is 0.162. The number of anilines is 2. The molecule has 0 spiro atoms. The summed E-state index contributed by atoms with van der Waals surface area (Å²) in [6, 6.07) is 12.7. The van der Waals surface area contributed by atoms with E-state index in [1.165, 1.54) is 18.3 Å². The molecule has 0 aliphatic rings. The Morgan fingerprint density at radius 1 is 0.852 bits per heavy atom. The summed E-state index contributed by atoms with van der Waals surface area (Å²) in [7, 11) is 0. The van der Waals surface area contributed by atoms with Crippen LogP contribution in [-0.2, 0) is 0 Å². The van der Waals surface area contributed by atoms with Crippen molar-refractivity contribution < 1.29 is 18.4 Å². The van der Waals surface area contributed by atoms with Crippen LogP contribution < -0.4 is 10.6 Å². The van der Waals surface area contributed by atoms with E-state index in [4.69, 9.17) is 11.6 Å². The minimum atomic E-state index is -1.20. The van der Waals surface area contributed by atoms with Crippen LogP contribution in [0.25, 0.3) is 0 Å². The quantitative estimate of drug-likeness (QED) is 0.647. The van der Waals surface area contributed by atoms with Crippen LogP contribution in [0.5, 0.6) is 0 Å². The molecule has 0 atom stereocenters. The number of carbonyl (C=O) groups is 2. The van der Waals surface area contributed by atoms with E-state index in [9.17, 15) is 18.4 Å². The summed E-state index contributed by atoms with van der Waals surface area (Å²) in [5.41, 5.74) is 0.0856. The average Bonchev–Trinajstić information content (AvgIpc) is 2.65. The Bertz CT molecular complexity index is 1010. The maximum atomic E-state index is 13.4. The molecule has 0 unspecified atom stereocenters. The van der Waals surface area contributed by atoms with Gasteiger partial charge in [0.05, 0.1) is 21.8 Å². The lowest BCUT2D eigenvalue weighted by atomic mass is 10.1. The molecule has 0 aliphatic heterocycles. The molecule has 27 heavy (non-hydrogen) atoms. The van der Waals surface area contributed by atoms with Crippen molar-refractivity contribution in [1.29, 1.82) is 0 Å². The lowest BCUT2D eigenvalue weighted by Gasteiger charge is -2.12. The monoisotopic (exact) mass is 387 g/mol. The van der Waals surface area contributed by atoms with Crippen molar-refractivity contribution in [2.24, 2.45) is 0 Å². The number of amides is 2. The molecule has 3 aromatic rings. The van der Waals surface area contributed by atoms with Crippen LogP contribution in [-0.4, -0.2) is 16.8 Å². The molecule has 2 aromatic carbocycles. The number of nitrogens with one attached hydrogen (secondary N) is 2. The summed E-state index contributed by atoms with van der Waals surface area (Å²) in [5, 5.41) is 4.84. The van der Waals surface area contributed by atoms with E-state index in [1.807, 2.05) is 0 Å². The first-order chi connectivity index (χ1) is 13.0. The molecule has 0 bridgehead atoms. The zero-order valence-electron chi connectivity index (χ0n) is 13.7. The van der Waals surface area contributed by atoms with E-state index in [1.54, 1.807) is 30.3 Å². The van der Waals surface area contributed by atoms with Gasteiger partial charge in [0.1, 0.15) is 5.82 Å². The van der Waals surface area contributed by atoms with Crippen LogP contribution in [0.3, 0.4) is 0 Å². The van der Waals surface area contributed by atoms with Gasteiger partial charge >= 0.3 is 0 Å². The van der Waals surface area contributed by atoms with E-state index in [0.717, 1.165) is 0 Å². The van der Waals surface area contributed by atoms with Gasteiger partial charge in [-0.25, -0.2) is 13.8 Å². The van der Waals surface area contributed by atoms with Gasteiger partial charge in [0.2, 0.25) is 0 Å². The molecule has 8 heteroatoms. The molecule has 0 aliphatic carbocycles. The van der Waals surface area contributed by atoms with E-state index in [2.05, 4.69) is 15.6 Å². The fourth-order valence-electron chi connectivity index (χ4n) is 2.30. The second-order valence-electron chi connectivity index (χ2n) is 5.41. The van der Waals surface area contributed by atoms with Crippen molar-refractivity contribution in [3.05, 3.63) is 88.6 Å². The fraction of sp³-hybridized carbons (Fsp3) is 0. The molecular formula is C19H12ClF2N3O2. The van der Waals surface area contributed by atoms with E-state index in [0.29, 0.717) is 18.0 Å². The third-order valence-electron chi connectivity index (χ3n) is 3.58. The van der Waals surface area contributed by atoms with Gasteiger partial charge in [0.15, 0.2) is 11.6 Å². The Morgan fingerprint density at radius 3 is 2.26 bits per heavy atom. The second kappa shape index (κ2) is 7.92. The van der Waals surface area contributed by atoms with Crippen LogP contribution in [0, 0.1) is 11.6 Å². The number of halogens is 3. The summed E-state index contributed by atoms with van der Waals surface area (Å²) in [4.78, 5) is 28.9. The van der Waals surface area contributed by atoms with E-state index >= 15 is 0 Å². The van der Waals surface area contributed by atoms with Gasteiger partial charge in [0.25, 0.3) is 11.8 Å². The topological polar surface area (TPSA) is 71.1 Å². The van der Waals surface area contributed by atoms with Crippen molar-refractivity contribution >= 4 is 34.9 Å². The van der Waals surface area contributed by atoms with Gasteiger partial charge in [-0.3, -0.25) is 9.59 Å². The summed E-state index contributed by atoms with van der Waals surface area (Å²) >= 11 is 5.82. The lowest BCUT2D eigenvalue weighted by molar-refractivity contribution is 0.102. The fourth-order valence-corrected chi connectivity index (χ4v) is 2.53. The van der Waals surface area contributed by atoms with E-state index < -0.39 is 23.4 Å². The zero-order chi connectivity index (χ0) is 19.4. The Labute approximate surface area is 158 Å². The predicted octanol–water partition coefficient (Wildman–Crippen LogP) is 4.52. The molecule has 5 nitrogen and oxygen atoms in total. The van der Waals surface area contributed by atoms with Crippen LogP contribution in [0.4, 0.5) is 20.3 Å². The number of pyridine rings is 1. The smallest absolute Gasteiger partial charge is 0.258 e. The Balaban J connectivity index is 1.85. The van der Waals surface area contributed by atoms with Crippen LogP contribution in [0.2, 0.25) is 5.02 Å². The second-order valence-corrected chi connectivity index (χ2v) is 5.82. The summed E-state index contributed by atoms with van der Waals surface area (Å²) in [5.74, 6) is -3.30. The number of hydrogen-bond acceptors (Lipinski definition) is 3. The number of hydrogen-bond donors (Lipinski definition) is 2. The van der Waals surface area contributed by atoms with Crippen molar-refractivity contribution in [2.75, 3.05) is 10.6 Å². The summed E-state index contributed by atoms with van der Waals surface area (Å²) < 4.78 is 26.6. The zero-order valence-corrected chi connectivity index (χ0v) is 14.4. The molecule has 2 N–H and O–H groups in total. The van der Waals surface area contributed by atoms with Crippen molar-refractivity contribution in [3.63, 3.8) is 0 Å². The number of para-hydroxylation sites is 1. The summed E-state index contributed by atoms with van der Waals surface area (Å²) in [6.07, 6.45) is 1.52. The first kappa shape index (κ1) is 18.5. The van der Waals surface area contributed by atoms with Gasteiger partial charge < -0.3 is 10.6 Å². The third kappa shape index (κ3) is 4.27. The molecule has 0 fully saturated rings. The van der Waals surface area contributed by atoms with Crippen molar-refractivity contribution in [3.8, 4) is 0 Å². The minimum Gasteiger partial charge on any atom is -0.321 e. The van der Waals surface area contributed by atoms with Gasteiger partial charge in [-0.2, -0.15) is 0 Å². The van der Waals surface area contributed by atoms with Crippen LogP contribution in [0.1, 0.15) is 20.7 Å². The third-order valence-corrected chi connectivity index (χ3v) is 3.89. The highest BCUT2D eigenvalue weighted by atomic mass is 35.5. The first-order valence-corrected chi connectivity index (χ1v) is 8.11. The largest absolute Gasteiger partial charge is 0.321 e. The lowest BCUT2D eigenvalue weighted by Crippen LogP contribution is -2.19. The number of aromatic nitrogens is 1. The molecule has 0 saturated heterocycles. The van der Waals surface area contributed by atoms with Gasteiger partial charge in [-0.1, -0.05) is 29.8 Å². The number of rotatable bonds is 4. The van der Waals surface area contributed by atoms with Gasteiger partial charge in [-0.15, -0.1) is 0 Å². The van der Waals surface area contributed by atoms with Crippen molar-refractivity contribution in [1.82, 2.24) is 4.98 Å². The number of nitrogens with zero attached hydrogens (tertiary/aromatic N) is 1. The Hall–Kier alpha value is -3.32. The number of carbonyl (C=O) groups excluding carboxylic acids is 2. The SMILES string of the molecule is O=C(Nc1ccccc1C(=O)Nc1ccccn1)c1cc(F)c(F)cc1Cl. The highest BCUT2D eigenvalue weighted by Gasteiger charge is 2.18. The molecule has 1 heterocycles. The maximum absolute atomic E-state index is 13.4. The standard InChI is InChI=1S/C19H12ClF2N3O2/c20-13-10-15(22)14(21)9-12(13)19(27)24-16-6-2-1-5-11(16)18(26)25-17-7-3-4-8-23-17/h1-10H,(H,24,27)(H,23,25,26). The molecule has 0 radical (unpaired) electrons. The van der Waals surface area contributed by atoms with Crippen molar-refractivity contribution in [2.45, 2.75) is 0 Å². The van der Waals surface area contributed by atoms with Gasteiger partial charge in [-0.05, 0) is 36.4 Å². The molecule has 2 amide bonds. The normalized spacial score (nSPS) is 10.3. The Kier molecular flexibility index (Phi) is 5.42. The number of benzene rings is 2. The van der Waals surface area contributed by atoms with Crippen LogP contribution in [0.15, 0.2) is 60.8 Å². The molecule has 136 valence electrons. The highest BCUT2D eigenvalue weighted by Crippen LogP contribution is 2.23. The highest BCUT2D eigenvalue weighted by molar-refractivity contribution is 6.34. The van der Waals surface area contributed by atoms with Gasteiger partial charge in [0, 0.05) is 6.20 Å². The summed E-state index contributed by atoms with van der Waals surface area (Å²) in [6.45, 7) is 0. The predicted molar refractivity (Wildman–Crippen MR) is 98.0 cm³/mol. The Morgan fingerprint density at radius 2 is 1.52 bits per heavy atom. The maximum Gasteiger partial charge on any atom is 0.258 e.